The number of aliphatic hydroxyl groups is 4. The lowest BCUT2D eigenvalue weighted by molar-refractivity contribution is -0.256. The molecule has 28 atom stereocenters. The van der Waals surface area contributed by atoms with Gasteiger partial charge in [0.1, 0.15) is 0 Å². The van der Waals surface area contributed by atoms with Crippen molar-refractivity contribution < 1.29 is 82.2 Å². The van der Waals surface area contributed by atoms with Crippen molar-refractivity contribution in [1.82, 2.24) is 15.1 Å². The van der Waals surface area contributed by atoms with Gasteiger partial charge in [-0.25, -0.2) is 9.59 Å². The number of alkyl halides is 3. The molecule has 4 spiro atoms. The molecule has 6 saturated heterocycles. The number of ether oxygens (including phenoxy) is 10. The SMILES string of the molecule is C[C@@H]1C[C@H]([C@H](OC(=O)NC(=O)C(Cl)(Cl)Cl)C(C)(C)O)O[C@H]2[C@H]1[C@@]1(C)CC[C@@]34C[C@@]35CC[C@H](O[C@H]3CN(C6COC6)CCO3)C(C)(C)[C@@H]5CC[C@H]4[C@]1(C)[C@H]2O.C[C@@H]1C[C@H]([C@H](OC(N)=O)C(C)(C)O)O[C@H]2[C@H]1[C@@]1(C)CC[C@@]34C[C@@]35CC[C@H](O[C@H]3CN(C6COC6)CCO3)C(C)(C)[C@@H]5CC[C@H]4[C@]1(C)[C@H]2O. The molecule has 10 saturated carbocycles. The lowest BCUT2D eigenvalue weighted by Gasteiger charge is -2.64. The van der Waals surface area contributed by atoms with E-state index in [2.05, 4.69) is 79.0 Å². The molecule has 16 aliphatic rings. The summed E-state index contributed by atoms with van der Waals surface area (Å²) < 4.78 is 59.5. The number of hydrogen-bond donors (Lipinski definition) is 6. The number of fused-ring (bicyclic) bond motifs is 8. The Morgan fingerprint density at radius 2 is 0.941 bits per heavy atom. The molecule has 16 rings (SSSR count). The van der Waals surface area contributed by atoms with Gasteiger partial charge in [0.25, 0.3) is 9.70 Å². The van der Waals surface area contributed by atoms with E-state index < -0.39 is 75.8 Å². The van der Waals surface area contributed by atoms with Gasteiger partial charge in [-0.3, -0.25) is 19.9 Å². The number of amides is 3. The van der Waals surface area contributed by atoms with Gasteiger partial charge in [0.05, 0.1) is 125 Å². The highest BCUT2D eigenvalue weighted by atomic mass is 35.6. The number of imide groups is 1. The number of primary amides is 1. The van der Waals surface area contributed by atoms with E-state index in [4.69, 9.17) is 87.9 Å². The standard InChI is InChI=1S/C40H61Cl3N2O9.C38H62N2O8/c1-21-16-23(31(35(4,5)49)54-33(48)44-32(47)40(41,42)43)52-29-28(21)36(6)12-13-39-20-38(39)11-10-26(53-27-17-45(14-15-51-27)22-18-50-19-22)34(2,3)24(38)8-9-25(39)37(36,7)30(29)46;1-21-16-23(31(34(4,5)43)48-32(39)42)46-29-28(21)35(6)12-13-38-20-37(38)11-10-26(47-27-17-40(14-15-45-27)22-18-44-19-22)33(2,3)24(37)8-9-25(38)36(35,7)30(29)41/h21-31,46,49H,8-20H2,1-7H3,(H,44,47,48);21-31,41,43H,8-20H2,1-7H3,(H2,39,42)/t21-,23-,24+,25+,26+,27+,28+,29+,30+,31+,36-,37-,38-,39+;21-,23-,24+,25+,26+,27+,28+,29+,30+,31+,35-,36-,37-,38+/m11/s1. The fourth-order valence-electron chi connectivity index (χ4n) is 28.6. The van der Waals surface area contributed by atoms with Gasteiger partial charge in [-0.2, -0.15) is 0 Å². The maximum atomic E-state index is 12.8. The van der Waals surface area contributed by atoms with Crippen LogP contribution in [0.15, 0.2) is 0 Å². The predicted octanol–water partition coefficient (Wildman–Crippen LogP) is 10.5. The second-order valence-corrected chi connectivity index (χ2v) is 41.6. The third kappa shape index (κ3) is 11.3. The molecule has 0 aromatic rings. The molecule has 21 nitrogen and oxygen atoms in total. The van der Waals surface area contributed by atoms with Crippen molar-refractivity contribution in [2.75, 3.05) is 65.8 Å². The molecule has 6 heterocycles. The number of nitrogens with zero attached hydrogens (tertiary/aromatic N) is 2. The monoisotopic (exact) mass is 1490 g/mol. The highest BCUT2D eigenvalue weighted by Crippen LogP contribution is 2.91. The number of carbonyl (C=O) groups excluding carboxylic acids is 3. The summed E-state index contributed by atoms with van der Waals surface area (Å²) in [5, 5.41) is 49.4. The van der Waals surface area contributed by atoms with Crippen LogP contribution >= 0.6 is 34.8 Å². The number of hydrogen-bond acceptors (Lipinski definition) is 19. The molecule has 578 valence electrons. The highest BCUT2D eigenvalue weighted by molar-refractivity contribution is 6.76. The van der Waals surface area contributed by atoms with Gasteiger partial charge in [-0.15, -0.1) is 0 Å². The minimum absolute atomic E-state index is 0.00543. The van der Waals surface area contributed by atoms with Crippen LogP contribution in [0, 0.1) is 101 Å². The number of nitrogens with two attached hydrogens (primary N) is 1. The molecule has 7 N–H and O–H groups in total. The van der Waals surface area contributed by atoms with Crippen LogP contribution in [0.25, 0.3) is 0 Å². The number of morpholine rings is 2. The van der Waals surface area contributed by atoms with Crippen LogP contribution in [0.5, 0.6) is 0 Å². The summed E-state index contributed by atoms with van der Waals surface area (Å²) >= 11 is 17.0. The number of nitrogens with one attached hydrogen (secondary N) is 1. The topological polar surface area (TPSA) is 269 Å². The molecule has 6 aliphatic heterocycles. The van der Waals surface area contributed by atoms with Crippen molar-refractivity contribution in [3.05, 3.63) is 0 Å². The molecule has 3 amide bonds. The maximum Gasteiger partial charge on any atom is 0.414 e. The summed E-state index contributed by atoms with van der Waals surface area (Å²) in [6.45, 7) is 38.3. The molecule has 0 unspecified atom stereocenters. The Morgan fingerprint density at radius 1 is 0.559 bits per heavy atom. The van der Waals surface area contributed by atoms with Crippen LogP contribution in [-0.2, 0) is 52.2 Å². The van der Waals surface area contributed by atoms with Crippen LogP contribution < -0.4 is 11.1 Å². The molecule has 0 aromatic carbocycles. The second kappa shape index (κ2) is 25.5. The van der Waals surface area contributed by atoms with E-state index in [1.807, 2.05) is 5.32 Å². The summed E-state index contributed by atoms with van der Waals surface area (Å²) in [5.41, 5.74) is 2.66. The molecule has 0 aromatic heterocycles. The third-order valence-electron chi connectivity index (χ3n) is 33.6. The largest absolute Gasteiger partial charge is 0.441 e. The van der Waals surface area contributed by atoms with E-state index in [0.717, 1.165) is 117 Å². The van der Waals surface area contributed by atoms with Crippen molar-refractivity contribution in [3.8, 4) is 0 Å². The van der Waals surface area contributed by atoms with Gasteiger partial charge in [-0.05, 0) is 221 Å². The van der Waals surface area contributed by atoms with Crippen molar-refractivity contribution in [2.24, 2.45) is 107 Å². The van der Waals surface area contributed by atoms with E-state index in [0.29, 0.717) is 67.2 Å². The summed E-state index contributed by atoms with van der Waals surface area (Å²) in [7, 11) is 0. The molecule has 102 heavy (non-hydrogen) atoms. The first-order chi connectivity index (χ1) is 47.6. The molecule has 16 fully saturated rings. The van der Waals surface area contributed by atoms with Crippen molar-refractivity contribution >= 4 is 52.9 Å². The number of alkyl carbamates (subject to hydrolysis) is 1. The van der Waals surface area contributed by atoms with Gasteiger partial charge in [0.2, 0.25) is 0 Å². The molecule has 0 bridgehead atoms. The average molecular weight is 1500 g/mol. The van der Waals surface area contributed by atoms with E-state index in [1.54, 1.807) is 13.8 Å². The Morgan fingerprint density at radius 3 is 1.30 bits per heavy atom. The van der Waals surface area contributed by atoms with Gasteiger partial charge in [-0.1, -0.05) is 104 Å². The van der Waals surface area contributed by atoms with Crippen LogP contribution in [0.3, 0.4) is 0 Å². The van der Waals surface area contributed by atoms with E-state index >= 15 is 0 Å². The lowest BCUT2D eigenvalue weighted by Crippen LogP contribution is -2.60. The Bertz CT molecular complexity index is 3200. The van der Waals surface area contributed by atoms with Gasteiger partial charge < -0.3 is 73.5 Å². The molecule has 0 radical (unpaired) electrons. The number of aliphatic hydroxyl groups excluding tert-OH is 2. The Hall–Kier alpha value is -1.48. The summed E-state index contributed by atoms with van der Waals surface area (Å²) in [6.07, 6.45) is 9.28. The second-order valence-electron chi connectivity index (χ2n) is 39.3. The van der Waals surface area contributed by atoms with Crippen molar-refractivity contribution in [2.45, 2.75) is 300 Å². The van der Waals surface area contributed by atoms with Crippen LogP contribution in [0.4, 0.5) is 9.59 Å². The molecular formula is C78H123Cl3N4O17. The Kier molecular flexibility index (Phi) is 19.0. The number of halogens is 3. The average Bonchev–Trinajstić information content (AvgIpc) is 1.46. The number of rotatable bonds is 12. The van der Waals surface area contributed by atoms with Gasteiger partial charge in [0.15, 0.2) is 24.8 Å². The first-order valence-corrected chi connectivity index (χ1v) is 40.6. The fourth-order valence-corrected chi connectivity index (χ4v) is 28.8. The fraction of sp³-hybridized carbons (Fsp3) is 0.962. The third-order valence-corrected chi connectivity index (χ3v) is 34.1. The molecule has 10 aliphatic carbocycles. The zero-order valence-corrected chi connectivity index (χ0v) is 65.6. The zero-order chi connectivity index (χ0) is 73.3. The summed E-state index contributed by atoms with van der Waals surface area (Å²) in [4.78, 5) is 41.9. The Balaban J connectivity index is 0.000000166. The van der Waals surface area contributed by atoms with Crippen LogP contribution in [0.2, 0.25) is 0 Å². The zero-order valence-electron chi connectivity index (χ0n) is 63.3. The molecule has 24 heteroatoms. The van der Waals surface area contributed by atoms with Gasteiger partial charge in [0, 0.05) is 23.9 Å². The highest BCUT2D eigenvalue weighted by Gasteiger charge is 2.87. The minimum atomic E-state index is -2.36. The van der Waals surface area contributed by atoms with Crippen molar-refractivity contribution in [1.29, 1.82) is 0 Å². The quantitative estimate of drug-likeness (QED) is 0.0992. The first-order valence-electron chi connectivity index (χ1n) is 39.4. The number of carbonyl (C=O) groups is 3. The summed E-state index contributed by atoms with van der Waals surface area (Å²) in [5.74, 6) is 1.36. The lowest BCUT2D eigenvalue weighted by atomic mass is 9.41. The first kappa shape index (κ1) is 75.9. The van der Waals surface area contributed by atoms with E-state index in [-0.39, 0.29) is 103 Å². The smallest absolute Gasteiger partial charge is 0.414 e. The molecular weight excluding hydrogens is 1370 g/mol. The minimum Gasteiger partial charge on any atom is -0.441 e. The van der Waals surface area contributed by atoms with Crippen molar-refractivity contribution in [3.63, 3.8) is 0 Å². The van der Waals surface area contributed by atoms with Gasteiger partial charge >= 0.3 is 12.2 Å². The Labute approximate surface area is 620 Å². The normalized spacial score (nSPS) is 49.8. The summed E-state index contributed by atoms with van der Waals surface area (Å²) in [6, 6.07) is 0.981. The van der Waals surface area contributed by atoms with E-state index in [9.17, 15) is 34.8 Å². The predicted molar refractivity (Wildman–Crippen MR) is 380 cm³/mol. The van der Waals surface area contributed by atoms with Crippen LogP contribution in [-0.4, -0.2) is 215 Å². The van der Waals surface area contributed by atoms with E-state index in [1.165, 1.54) is 39.5 Å². The van der Waals surface area contributed by atoms with Crippen LogP contribution in [0.1, 0.15) is 200 Å². The maximum absolute atomic E-state index is 12.8.